The van der Waals surface area contributed by atoms with Gasteiger partial charge in [-0.3, -0.25) is 9.69 Å². The fourth-order valence-electron chi connectivity index (χ4n) is 2.35. The summed E-state index contributed by atoms with van der Waals surface area (Å²) in [6.07, 6.45) is 4.37. The van der Waals surface area contributed by atoms with Crippen molar-refractivity contribution in [2.45, 2.75) is 51.7 Å². The first-order valence-corrected chi connectivity index (χ1v) is 5.72. The molecular weight excluding hydrogens is 206 g/mol. The number of aliphatic hydroxyl groups excluding tert-OH is 1. The van der Waals surface area contributed by atoms with Crippen molar-refractivity contribution in [3.63, 3.8) is 0 Å². The van der Waals surface area contributed by atoms with Crippen LogP contribution in [0, 0.1) is 5.92 Å². The molecule has 1 fully saturated rings. The van der Waals surface area contributed by atoms with Crippen molar-refractivity contribution >= 4 is 5.91 Å². The van der Waals surface area contributed by atoms with E-state index < -0.39 is 12.0 Å². The van der Waals surface area contributed by atoms with Crippen LogP contribution in [0.25, 0.3) is 0 Å². The van der Waals surface area contributed by atoms with E-state index in [9.17, 15) is 9.90 Å². The minimum atomic E-state index is -1.13. The average molecular weight is 225 g/mol. The Labute approximate surface area is 95.9 Å². The Kier molecular flexibility index (Phi) is 2.80. The number of likely N-dealkylation sites (tertiary alicyclic amines) is 1. The number of carbonyl (C=O) groups is 1. The summed E-state index contributed by atoms with van der Waals surface area (Å²) in [5.74, 6) is 0.307. The summed E-state index contributed by atoms with van der Waals surface area (Å²) in [6.45, 7) is 5.58. The summed E-state index contributed by atoms with van der Waals surface area (Å²) in [5.41, 5.74) is -0.458. The molecule has 16 heavy (non-hydrogen) atoms. The molecule has 1 saturated heterocycles. The van der Waals surface area contributed by atoms with Gasteiger partial charge in [0, 0.05) is 6.42 Å². The van der Waals surface area contributed by atoms with Crippen molar-refractivity contribution in [1.29, 1.82) is 0 Å². The lowest BCUT2D eigenvalue weighted by molar-refractivity contribution is -0.237. The van der Waals surface area contributed by atoms with Gasteiger partial charge in [0.2, 0.25) is 12.3 Å². The number of fused-ring (bicyclic) bond motifs is 1. The third kappa shape index (κ3) is 2.13. The zero-order valence-electron chi connectivity index (χ0n) is 10.0. The van der Waals surface area contributed by atoms with E-state index in [1.165, 1.54) is 4.90 Å². The van der Waals surface area contributed by atoms with Crippen LogP contribution in [0.4, 0.5) is 0 Å². The molecule has 4 heteroatoms. The molecule has 0 aromatic carbocycles. The fraction of sp³-hybridized carbons (Fsp3) is 0.750. The first-order chi connectivity index (χ1) is 7.38. The fourth-order valence-corrected chi connectivity index (χ4v) is 2.35. The molecule has 2 rings (SSSR count). The topological polar surface area (TPSA) is 49.8 Å². The molecule has 0 bridgehead atoms. The van der Waals surface area contributed by atoms with Gasteiger partial charge in [0.25, 0.3) is 0 Å². The Morgan fingerprint density at radius 1 is 1.56 bits per heavy atom. The number of ether oxygens (including phenoxy) is 1. The van der Waals surface area contributed by atoms with Gasteiger partial charge in [-0.2, -0.15) is 0 Å². The second-order valence-corrected chi connectivity index (χ2v) is 5.48. The first kappa shape index (κ1) is 11.6. The molecule has 1 N–H and O–H groups in total. The number of nitrogens with zero attached hydrogens (tertiary/aromatic N) is 1. The van der Waals surface area contributed by atoms with E-state index in [1.807, 2.05) is 26.8 Å². The van der Waals surface area contributed by atoms with Gasteiger partial charge in [0.15, 0.2) is 0 Å². The molecule has 1 aliphatic heterocycles. The lowest BCUT2D eigenvalue weighted by atomic mass is 10.0. The lowest BCUT2D eigenvalue weighted by Gasteiger charge is -2.32. The highest BCUT2D eigenvalue weighted by atomic mass is 16.6. The van der Waals surface area contributed by atoms with Gasteiger partial charge in [-0.1, -0.05) is 12.2 Å². The molecule has 4 nitrogen and oxygen atoms in total. The van der Waals surface area contributed by atoms with Crippen LogP contribution >= 0.6 is 0 Å². The van der Waals surface area contributed by atoms with Gasteiger partial charge in [-0.25, -0.2) is 0 Å². The number of rotatable bonds is 2. The van der Waals surface area contributed by atoms with Gasteiger partial charge in [-0.05, 0) is 33.1 Å². The van der Waals surface area contributed by atoms with Gasteiger partial charge in [0.05, 0.1) is 11.6 Å². The van der Waals surface area contributed by atoms with E-state index in [4.69, 9.17) is 4.74 Å². The third-order valence-electron chi connectivity index (χ3n) is 3.00. The van der Waals surface area contributed by atoms with Gasteiger partial charge >= 0.3 is 0 Å². The highest BCUT2D eigenvalue weighted by Gasteiger charge is 2.44. The van der Waals surface area contributed by atoms with Gasteiger partial charge < -0.3 is 9.84 Å². The Hall–Kier alpha value is -0.870. The predicted octanol–water partition coefficient (Wildman–Crippen LogP) is 1.25. The number of allylic oxidation sites excluding steroid dienone is 1. The van der Waals surface area contributed by atoms with E-state index in [2.05, 4.69) is 6.08 Å². The van der Waals surface area contributed by atoms with Crippen molar-refractivity contribution in [2.75, 3.05) is 0 Å². The molecule has 0 aromatic heterocycles. The normalized spacial score (nSPS) is 31.0. The van der Waals surface area contributed by atoms with Crippen LogP contribution in [0.1, 0.15) is 33.6 Å². The quantitative estimate of drug-likeness (QED) is 0.568. The zero-order valence-corrected chi connectivity index (χ0v) is 10.0. The first-order valence-electron chi connectivity index (χ1n) is 5.72. The molecular formula is C12H19NO3. The summed E-state index contributed by atoms with van der Waals surface area (Å²) in [6, 6.07) is 0.0184. The van der Waals surface area contributed by atoms with Crippen molar-refractivity contribution in [2.24, 2.45) is 5.92 Å². The SMILES string of the molecule is CC(C)(C)OC(O)N1C(=O)CC2CC=CC21. The summed E-state index contributed by atoms with van der Waals surface area (Å²) >= 11 is 0. The maximum absolute atomic E-state index is 11.8. The number of aliphatic hydroxyl groups is 1. The molecule has 1 amide bonds. The Balaban J connectivity index is 2.08. The van der Waals surface area contributed by atoms with Crippen LogP contribution in [0.15, 0.2) is 12.2 Å². The molecule has 90 valence electrons. The van der Waals surface area contributed by atoms with E-state index in [-0.39, 0.29) is 11.9 Å². The molecule has 1 heterocycles. The van der Waals surface area contributed by atoms with Crippen LogP contribution in [-0.2, 0) is 9.53 Å². The van der Waals surface area contributed by atoms with Crippen molar-refractivity contribution in [3.05, 3.63) is 12.2 Å². The van der Waals surface area contributed by atoms with Crippen molar-refractivity contribution in [1.82, 2.24) is 4.90 Å². The second-order valence-electron chi connectivity index (χ2n) is 5.48. The molecule has 0 spiro atoms. The molecule has 3 atom stereocenters. The number of carbonyl (C=O) groups excluding carboxylic acids is 1. The largest absolute Gasteiger partial charge is 0.351 e. The highest BCUT2D eigenvalue weighted by Crippen LogP contribution is 2.35. The molecule has 3 unspecified atom stereocenters. The average Bonchev–Trinajstić information content (AvgIpc) is 2.58. The number of amides is 1. The molecule has 1 aliphatic carbocycles. The minimum absolute atomic E-state index is 0.0175. The molecule has 0 saturated carbocycles. The predicted molar refractivity (Wildman–Crippen MR) is 59.3 cm³/mol. The van der Waals surface area contributed by atoms with E-state index in [0.717, 1.165) is 6.42 Å². The third-order valence-corrected chi connectivity index (χ3v) is 3.00. The molecule has 0 aromatic rings. The summed E-state index contributed by atoms with van der Waals surface area (Å²) in [7, 11) is 0. The van der Waals surface area contributed by atoms with Crippen molar-refractivity contribution < 1.29 is 14.6 Å². The zero-order chi connectivity index (χ0) is 11.9. The maximum Gasteiger partial charge on any atom is 0.241 e. The van der Waals surface area contributed by atoms with Crippen LogP contribution < -0.4 is 0 Å². The van der Waals surface area contributed by atoms with Crippen LogP contribution in [0.2, 0.25) is 0 Å². The Morgan fingerprint density at radius 3 is 2.88 bits per heavy atom. The Morgan fingerprint density at radius 2 is 2.25 bits per heavy atom. The monoisotopic (exact) mass is 225 g/mol. The minimum Gasteiger partial charge on any atom is -0.351 e. The highest BCUT2D eigenvalue weighted by molar-refractivity contribution is 5.80. The number of hydrogen-bond acceptors (Lipinski definition) is 3. The summed E-state index contributed by atoms with van der Waals surface area (Å²) in [5, 5.41) is 9.95. The molecule has 2 aliphatic rings. The van der Waals surface area contributed by atoms with E-state index in [1.54, 1.807) is 0 Å². The van der Waals surface area contributed by atoms with Crippen molar-refractivity contribution in [3.8, 4) is 0 Å². The smallest absolute Gasteiger partial charge is 0.241 e. The van der Waals surface area contributed by atoms with E-state index in [0.29, 0.717) is 12.3 Å². The second kappa shape index (κ2) is 3.86. The Bertz CT molecular complexity index is 319. The summed E-state index contributed by atoms with van der Waals surface area (Å²) in [4.78, 5) is 13.2. The molecule has 0 radical (unpaired) electrons. The van der Waals surface area contributed by atoms with Crippen LogP contribution in [-0.4, -0.2) is 34.0 Å². The maximum atomic E-state index is 11.8. The standard InChI is InChI=1S/C12H19NO3/c1-12(2,3)16-11(15)13-9-6-4-5-8(9)7-10(13)14/h4,6,8-9,11,15H,5,7H2,1-3H3. The van der Waals surface area contributed by atoms with Crippen LogP contribution in [0.5, 0.6) is 0 Å². The van der Waals surface area contributed by atoms with Gasteiger partial charge in [-0.15, -0.1) is 0 Å². The summed E-state index contributed by atoms with van der Waals surface area (Å²) < 4.78 is 5.43. The number of hydrogen-bond donors (Lipinski definition) is 1. The lowest BCUT2D eigenvalue weighted by Crippen LogP contribution is -2.46. The van der Waals surface area contributed by atoms with E-state index >= 15 is 0 Å². The van der Waals surface area contributed by atoms with Gasteiger partial charge in [0.1, 0.15) is 0 Å². The van der Waals surface area contributed by atoms with Crippen LogP contribution in [0.3, 0.4) is 0 Å².